The zero-order valence-electron chi connectivity index (χ0n) is 14.5. The molecule has 26 heavy (non-hydrogen) atoms. The number of non-ortho nitro benzene ring substituents is 1. The number of likely N-dealkylation sites (N-methyl/N-ethyl adjacent to an activating group) is 1. The van der Waals surface area contributed by atoms with Gasteiger partial charge in [-0.05, 0) is 61.0 Å². The number of nitrogens with zero attached hydrogens (tertiary/aromatic N) is 4. The van der Waals surface area contributed by atoms with Gasteiger partial charge in [-0.1, -0.05) is 6.07 Å². The molecule has 1 aromatic carbocycles. The lowest BCUT2D eigenvalue weighted by Crippen LogP contribution is -2.24. The summed E-state index contributed by atoms with van der Waals surface area (Å²) in [5.41, 5.74) is 2.38. The van der Waals surface area contributed by atoms with Gasteiger partial charge in [0, 0.05) is 24.9 Å². The molecule has 1 amide bonds. The number of amidine groups is 1. The van der Waals surface area contributed by atoms with Crippen molar-refractivity contribution in [1.29, 1.82) is 0 Å². The fraction of sp³-hybridized carbons (Fsp3) is 0.167. The maximum absolute atomic E-state index is 12.6. The van der Waals surface area contributed by atoms with E-state index in [0.717, 1.165) is 16.8 Å². The highest BCUT2D eigenvalue weighted by molar-refractivity contribution is 8.18. The van der Waals surface area contributed by atoms with Crippen molar-refractivity contribution in [3.63, 3.8) is 0 Å². The van der Waals surface area contributed by atoms with Crippen molar-refractivity contribution >= 4 is 39.9 Å². The van der Waals surface area contributed by atoms with E-state index in [2.05, 4.69) is 9.98 Å². The summed E-state index contributed by atoms with van der Waals surface area (Å²) in [6.45, 7) is 3.70. The molecule has 0 unspecified atom stereocenters. The smallest absolute Gasteiger partial charge is 0.269 e. The molecule has 2 aromatic rings. The predicted molar refractivity (Wildman–Crippen MR) is 102 cm³/mol. The molecule has 0 saturated carbocycles. The van der Waals surface area contributed by atoms with Crippen molar-refractivity contribution in [3.05, 3.63) is 68.7 Å². The van der Waals surface area contributed by atoms with Gasteiger partial charge < -0.3 is 0 Å². The molecule has 0 bridgehead atoms. The van der Waals surface area contributed by atoms with Crippen LogP contribution in [0.15, 0.2) is 52.4 Å². The molecular weight excluding hydrogens is 352 g/mol. The van der Waals surface area contributed by atoms with E-state index in [-0.39, 0.29) is 11.6 Å². The van der Waals surface area contributed by atoms with Crippen LogP contribution in [0.4, 0.5) is 11.5 Å². The number of carbonyl (C=O) groups excluding carboxylic acids is 1. The van der Waals surface area contributed by atoms with Crippen LogP contribution in [0, 0.1) is 17.0 Å². The van der Waals surface area contributed by atoms with Crippen LogP contribution in [0.25, 0.3) is 5.57 Å². The summed E-state index contributed by atoms with van der Waals surface area (Å²) >= 11 is 1.27. The third-order valence-electron chi connectivity index (χ3n) is 3.91. The number of nitro benzene ring substituents is 1. The first kappa shape index (κ1) is 17.8. The molecule has 1 fully saturated rings. The Balaban J connectivity index is 1.94. The summed E-state index contributed by atoms with van der Waals surface area (Å²) in [6, 6.07) is 11.7. The van der Waals surface area contributed by atoms with Gasteiger partial charge >= 0.3 is 0 Å². The van der Waals surface area contributed by atoms with E-state index >= 15 is 0 Å². The second kappa shape index (κ2) is 7.09. The Morgan fingerprint density at radius 1 is 1.23 bits per heavy atom. The highest BCUT2D eigenvalue weighted by Gasteiger charge is 2.32. The van der Waals surface area contributed by atoms with Gasteiger partial charge in [0.15, 0.2) is 11.0 Å². The van der Waals surface area contributed by atoms with Crippen molar-refractivity contribution in [3.8, 4) is 0 Å². The van der Waals surface area contributed by atoms with E-state index < -0.39 is 4.92 Å². The van der Waals surface area contributed by atoms with Gasteiger partial charge in [-0.2, -0.15) is 0 Å². The fourth-order valence-corrected chi connectivity index (χ4v) is 3.47. The topological polar surface area (TPSA) is 88.7 Å². The quantitative estimate of drug-likeness (QED) is 0.465. The summed E-state index contributed by atoms with van der Waals surface area (Å²) < 4.78 is 0. The van der Waals surface area contributed by atoms with Gasteiger partial charge in [-0.3, -0.25) is 19.8 Å². The number of nitro groups is 1. The Morgan fingerprint density at radius 3 is 2.54 bits per heavy atom. The predicted octanol–water partition coefficient (Wildman–Crippen LogP) is 3.92. The molecule has 3 rings (SSSR count). The lowest BCUT2D eigenvalue weighted by Gasteiger charge is -2.07. The van der Waals surface area contributed by atoms with Crippen LogP contribution in [-0.2, 0) is 4.79 Å². The van der Waals surface area contributed by atoms with Crippen molar-refractivity contribution in [2.45, 2.75) is 13.8 Å². The van der Waals surface area contributed by atoms with Gasteiger partial charge in [-0.25, -0.2) is 9.98 Å². The molecule has 0 atom stereocenters. The maximum Gasteiger partial charge on any atom is 0.269 e. The van der Waals surface area contributed by atoms with E-state index in [4.69, 9.17) is 0 Å². The molecule has 1 saturated heterocycles. The number of aryl methyl sites for hydroxylation is 1. The number of hydrogen-bond acceptors (Lipinski definition) is 6. The Kier molecular flexibility index (Phi) is 4.85. The van der Waals surface area contributed by atoms with Gasteiger partial charge in [0.2, 0.25) is 0 Å². The summed E-state index contributed by atoms with van der Waals surface area (Å²) in [4.78, 5) is 33.8. The second-order valence-electron chi connectivity index (χ2n) is 5.76. The Labute approximate surface area is 154 Å². The number of aliphatic imine (C=N–C) groups is 1. The van der Waals surface area contributed by atoms with Crippen LogP contribution in [0.2, 0.25) is 0 Å². The first-order valence-electron chi connectivity index (χ1n) is 7.81. The van der Waals surface area contributed by atoms with Crippen LogP contribution in [-0.4, -0.2) is 32.9 Å². The van der Waals surface area contributed by atoms with Gasteiger partial charge in [-0.15, -0.1) is 0 Å². The number of amides is 1. The van der Waals surface area contributed by atoms with Crippen molar-refractivity contribution in [2.24, 2.45) is 4.99 Å². The average molecular weight is 368 g/mol. The number of thioether (sulfide) groups is 1. The molecule has 1 aliphatic rings. The van der Waals surface area contributed by atoms with Crippen molar-refractivity contribution in [1.82, 2.24) is 9.88 Å². The minimum atomic E-state index is -0.449. The van der Waals surface area contributed by atoms with Crippen LogP contribution >= 0.6 is 11.8 Å². The van der Waals surface area contributed by atoms with Crippen LogP contribution in [0.1, 0.15) is 18.2 Å². The highest BCUT2D eigenvalue weighted by atomic mass is 32.2. The second-order valence-corrected chi connectivity index (χ2v) is 6.73. The number of rotatable bonds is 3. The Bertz CT molecular complexity index is 951. The van der Waals surface area contributed by atoms with Crippen molar-refractivity contribution < 1.29 is 9.72 Å². The Morgan fingerprint density at radius 2 is 1.92 bits per heavy atom. The van der Waals surface area contributed by atoms with E-state index in [1.807, 2.05) is 26.0 Å². The average Bonchev–Trinajstić information content (AvgIpc) is 2.90. The number of pyridine rings is 1. The molecule has 0 aliphatic carbocycles. The van der Waals surface area contributed by atoms with Gasteiger partial charge in [0.05, 0.1) is 9.83 Å². The summed E-state index contributed by atoms with van der Waals surface area (Å²) in [7, 11) is 1.67. The van der Waals surface area contributed by atoms with E-state index in [1.54, 1.807) is 25.2 Å². The molecule has 8 heteroatoms. The summed E-state index contributed by atoms with van der Waals surface area (Å²) in [6.07, 6.45) is 0. The number of allylic oxidation sites excluding steroid dienone is 1. The first-order chi connectivity index (χ1) is 12.4. The van der Waals surface area contributed by atoms with E-state index in [1.165, 1.54) is 28.8 Å². The zero-order chi connectivity index (χ0) is 18.8. The number of hydrogen-bond donors (Lipinski definition) is 0. The minimum absolute atomic E-state index is 0.0156. The largest absolute Gasteiger partial charge is 0.289 e. The zero-order valence-corrected chi connectivity index (χ0v) is 15.3. The molecule has 0 N–H and O–H groups in total. The summed E-state index contributed by atoms with van der Waals surface area (Å²) in [5, 5.41) is 11.3. The molecule has 1 aliphatic heterocycles. The lowest BCUT2D eigenvalue weighted by molar-refractivity contribution is -0.384. The molecule has 1 aromatic heterocycles. The molecule has 0 spiro atoms. The van der Waals surface area contributed by atoms with Crippen LogP contribution in [0.3, 0.4) is 0 Å². The number of carbonyl (C=O) groups is 1. The third-order valence-corrected chi connectivity index (χ3v) is 5.15. The molecule has 7 nitrogen and oxygen atoms in total. The molecule has 2 heterocycles. The number of aromatic nitrogens is 1. The first-order valence-corrected chi connectivity index (χ1v) is 8.62. The standard InChI is InChI=1S/C18H16N4O3S/c1-11-5-4-6-15(19-11)20-18-21(3)17(23)16(26-18)12(2)13-7-9-14(10-8-13)22(24)25/h4-10H,1-3H3/b16-12-,20-18+. The van der Waals surface area contributed by atoms with E-state index in [0.29, 0.717) is 15.9 Å². The highest BCUT2D eigenvalue weighted by Crippen LogP contribution is 2.36. The minimum Gasteiger partial charge on any atom is -0.289 e. The molecule has 0 radical (unpaired) electrons. The van der Waals surface area contributed by atoms with Crippen LogP contribution < -0.4 is 0 Å². The monoisotopic (exact) mass is 368 g/mol. The SMILES string of the molecule is C/C(=C1/S/C(=N/c2cccc(C)n2)N(C)C1=O)c1ccc([N+](=O)[O-])cc1. The Hall–Kier alpha value is -3.00. The molecular formula is C18H16N4O3S. The van der Waals surface area contributed by atoms with E-state index in [9.17, 15) is 14.9 Å². The maximum atomic E-state index is 12.6. The molecule has 132 valence electrons. The van der Waals surface area contributed by atoms with Crippen molar-refractivity contribution in [2.75, 3.05) is 7.05 Å². The summed E-state index contributed by atoms with van der Waals surface area (Å²) in [5.74, 6) is 0.388. The fourth-order valence-electron chi connectivity index (χ4n) is 2.43. The third kappa shape index (κ3) is 3.50. The van der Waals surface area contributed by atoms with Crippen LogP contribution in [0.5, 0.6) is 0 Å². The van der Waals surface area contributed by atoms with Gasteiger partial charge in [0.25, 0.3) is 11.6 Å². The lowest BCUT2D eigenvalue weighted by atomic mass is 10.1. The number of benzene rings is 1. The van der Waals surface area contributed by atoms with Gasteiger partial charge in [0.1, 0.15) is 0 Å². The normalized spacial score (nSPS) is 17.7.